The smallest absolute Gasteiger partial charge is 0.309 e. The Labute approximate surface area is 91.9 Å². The Bertz CT molecular complexity index is 388. The molecule has 1 unspecified atom stereocenters. The summed E-state index contributed by atoms with van der Waals surface area (Å²) >= 11 is 0. The zero-order valence-electron chi connectivity index (χ0n) is 8.63. The molecule has 6 heteroatoms. The highest BCUT2D eigenvalue weighted by atomic mass is 16.4. The molecule has 16 heavy (non-hydrogen) atoms. The predicted octanol–water partition coefficient (Wildman–Crippen LogP) is 0.611. The van der Waals surface area contributed by atoms with Gasteiger partial charge in [-0.25, -0.2) is 4.98 Å². The molecule has 0 saturated carbocycles. The van der Waals surface area contributed by atoms with E-state index in [2.05, 4.69) is 4.98 Å². The molecule has 86 valence electrons. The molecule has 0 radical (unpaired) electrons. The molecule has 1 N–H and O–H groups in total. The normalized spacial score (nSPS) is 20.8. The van der Waals surface area contributed by atoms with Crippen LogP contribution in [-0.4, -0.2) is 40.0 Å². The van der Waals surface area contributed by atoms with Gasteiger partial charge < -0.3 is 14.4 Å². The monoisotopic (exact) mass is 224 g/mol. The number of aliphatic carboxylic acids is 1. The molecule has 0 aromatic carbocycles. The van der Waals surface area contributed by atoms with Gasteiger partial charge in [0, 0.05) is 13.1 Å². The zero-order valence-corrected chi connectivity index (χ0v) is 8.63. The predicted molar refractivity (Wildman–Crippen MR) is 52.8 cm³/mol. The highest BCUT2D eigenvalue weighted by Crippen LogP contribution is 2.18. The maximum atomic E-state index is 11.8. The van der Waals surface area contributed by atoms with Crippen LogP contribution in [0.5, 0.6) is 0 Å². The molecular weight excluding hydrogens is 212 g/mol. The summed E-state index contributed by atoms with van der Waals surface area (Å²) in [4.78, 5) is 27.9. The first kappa shape index (κ1) is 10.7. The molecule has 6 nitrogen and oxygen atoms in total. The van der Waals surface area contributed by atoms with E-state index in [1.54, 1.807) is 0 Å². The Morgan fingerprint density at radius 2 is 2.38 bits per heavy atom. The van der Waals surface area contributed by atoms with Crippen molar-refractivity contribution in [3.8, 4) is 0 Å². The van der Waals surface area contributed by atoms with Crippen LogP contribution >= 0.6 is 0 Å². The summed E-state index contributed by atoms with van der Waals surface area (Å²) in [5, 5.41) is 8.89. The molecule has 1 aliphatic rings. The van der Waals surface area contributed by atoms with Crippen LogP contribution < -0.4 is 0 Å². The van der Waals surface area contributed by atoms with Crippen molar-refractivity contribution in [2.45, 2.75) is 12.8 Å². The molecule has 1 aliphatic heterocycles. The lowest BCUT2D eigenvalue weighted by Gasteiger charge is -2.29. The van der Waals surface area contributed by atoms with Crippen molar-refractivity contribution in [1.82, 2.24) is 9.88 Å². The second kappa shape index (κ2) is 4.34. The van der Waals surface area contributed by atoms with Gasteiger partial charge in [-0.05, 0) is 12.8 Å². The summed E-state index contributed by atoms with van der Waals surface area (Å²) < 4.78 is 4.89. The van der Waals surface area contributed by atoms with Crippen LogP contribution in [0.25, 0.3) is 0 Å². The standard InChI is InChI=1S/C10H12N2O4/c13-9(8-11-3-5-16-8)12-4-1-2-7(6-12)10(14)15/h3,5,7H,1-2,4,6H2,(H,14,15). The number of piperidine rings is 1. The van der Waals surface area contributed by atoms with E-state index >= 15 is 0 Å². The van der Waals surface area contributed by atoms with Crippen LogP contribution in [0.15, 0.2) is 16.9 Å². The number of carboxylic acid groups (broad SMARTS) is 1. The molecule has 1 saturated heterocycles. The average molecular weight is 224 g/mol. The van der Waals surface area contributed by atoms with Gasteiger partial charge in [-0.1, -0.05) is 0 Å². The van der Waals surface area contributed by atoms with Crippen LogP contribution in [0.1, 0.15) is 23.5 Å². The Hall–Kier alpha value is -1.85. The maximum Gasteiger partial charge on any atom is 0.309 e. The lowest BCUT2D eigenvalue weighted by molar-refractivity contribution is -0.143. The Balaban J connectivity index is 2.05. The molecule has 1 aromatic rings. The highest BCUT2D eigenvalue weighted by Gasteiger charge is 2.30. The first-order valence-electron chi connectivity index (χ1n) is 5.10. The number of carbonyl (C=O) groups is 2. The van der Waals surface area contributed by atoms with E-state index in [4.69, 9.17) is 9.52 Å². The van der Waals surface area contributed by atoms with Crippen LogP contribution in [0.3, 0.4) is 0 Å². The number of rotatable bonds is 2. The minimum absolute atomic E-state index is 0.0195. The number of likely N-dealkylation sites (tertiary alicyclic amines) is 1. The van der Waals surface area contributed by atoms with Gasteiger partial charge in [0.2, 0.25) is 0 Å². The second-order valence-electron chi connectivity index (χ2n) is 3.77. The summed E-state index contributed by atoms with van der Waals surface area (Å²) in [5.74, 6) is -1.65. The lowest BCUT2D eigenvalue weighted by atomic mass is 9.98. The van der Waals surface area contributed by atoms with Crippen LogP contribution in [0.2, 0.25) is 0 Å². The van der Waals surface area contributed by atoms with Gasteiger partial charge in [0.1, 0.15) is 6.26 Å². The molecule has 0 aliphatic carbocycles. The van der Waals surface area contributed by atoms with Crippen molar-refractivity contribution in [2.24, 2.45) is 5.92 Å². The van der Waals surface area contributed by atoms with E-state index < -0.39 is 11.9 Å². The number of hydrogen-bond donors (Lipinski definition) is 1. The quantitative estimate of drug-likeness (QED) is 0.795. The fourth-order valence-electron chi connectivity index (χ4n) is 1.83. The van der Waals surface area contributed by atoms with Crippen molar-refractivity contribution in [3.63, 3.8) is 0 Å². The summed E-state index contributed by atoms with van der Waals surface area (Å²) in [6.45, 7) is 0.793. The lowest BCUT2D eigenvalue weighted by Crippen LogP contribution is -2.42. The molecule has 2 rings (SSSR count). The Morgan fingerprint density at radius 3 is 3.00 bits per heavy atom. The Morgan fingerprint density at radius 1 is 1.56 bits per heavy atom. The third kappa shape index (κ3) is 2.05. The SMILES string of the molecule is O=C(O)C1CCCN(C(=O)c2ncco2)C1. The van der Waals surface area contributed by atoms with E-state index in [-0.39, 0.29) is 18.3 Å². The fourth-order valence-corrected chi connectivity index (χ4v) is 1.83. The van der Waals surface area contributed by atoms with Crippen molar-refractivity contribution in [2.75, 3.05) is 13.1 Å². The number of hydrogen-bond acceptors (Lipinski definition) is 4. The number of nitrogens with zero attached hydrogens (tertiary/aromatic N) is 2. The van der Waals surface area contributed by atoms with Gasteiger partial charge >= 0.3 is 11.9 Å². The van der Waals surface area contributed by atoms with Gasteiger partial charge in [-0.15, -0.1) is 0 Å². The number of carboxylic acids is 1. The van der Waals surface area contributed by atoms with E-state index in [1.165, 1.54) is 17.4 Å². The number of aromatic nitrogens is 1. The van der Waals surface area contributed by atoms with Crippen LogP contribution in [0.4, 0.5) is 0 Å². The van der Waals surface area contributed by atoms with Crippen LogP contribution in [-0.2, 0) is 4.79 Å². The van der Waals surface area contributed by atoms with E-state index in [1.807, 2.05) is 0 Å². The molecule has 2 heterocycles. The molecule has 0 spiro atoms. The van der Waals surface area contributed by atoms with Gasteiger partial charge in [0.15, 0.2) is 0 Å². The van der Waals surface area contributed by atoms with E-state index in [9.17, 15) is 9.59 Å². The molecule has 1 aromatic heterocycles. The Kier molecular flexibility index (Phi) is 2.89. The summed E-state index contributed by atoms with van der Waals surface area (Å²) in [6, 6.07) is 0. The van der Waals surface area contributed by atoms with Gasteiger partial charge in [-0.2, -0.15) is 0 Å². The fraction of sp³-hybridized carbons (Fsp3) is 0.500. The average Bonchev–Trinajstić information content (AvgIpc) is 2.81. The number of oxazole rings is 1. The molecule has 1 fully saturated rings. The third-order valence-corrected chi connectivity index (χ3v) is 2.67. The van der Waals surface area contributed by atoms with Crippen molar-refractivity contribution in [1.29, 1.82) is 0 Å². The maximum absolute atomic E-state index is 11.8. The highest BCUT2D eigenvalue weighted by molar-refractivity contribution is 5.90. The van der Waals surface area contributed by atoms with Crippen molar-refractivity contribution in [3.05, 3.63) is 18.4 Å². The third-order valence-electron chi connectivity index (χ3n) is 2.67. The first-order valence-corrected chi connectivity index (χ1v) is 5.10. The van der Waals surface area contributed by atoms with E-state index in [0.29, 0.717) is 19.4 Å². The van der Waals surface area contributed by atoms with Gasteiger partial charge in [0.25, 0.3) is 5.89 Å². The summed E-state index contributed by atoms with van der Waals surface area (Å²) in [7, 11) is 0. The topological polar surface area (TPSA) is 83.6 Å². The van der Waals surface area contributed by atoms with Gasteiger partial charge in [-0.3, -0.25) is 9.59 Å². The minimum Gasteiger partial charge on any atom is -0.481 e. The number of carbonyl (C=O) groups excluding carboxylic acids is 1. The van der Waals surface area contributed by atoms with Crippen molar-refractivity contribution >= 4 is 11.9 Å². The molecular formula is C10H12N2O4. The van der Waals surface area contributed by atoms with E-state index in [0.717, 1.165) is 0 Å². The second-order valence-corrected chi connectivity index (χ2v) is 3.77. The molecule has 1 atom stereocenters. The van der Waals surface area contributed by atoms with Crippen molar-refractivity contribution < 1.29 is 19.1 Å². The molecule has 1 amide bonds. The molecule has 0 bridgehead atoms. The number of amides is 1. The van der Waals surface area contributed by atoms with Crippen LogP contribution in [0, 0.1) is 5.92 Å². The zero-order chi connectivity index (χ0) is 11.5. The van der Waals surface area contributed by atoms with Gasteiger partial charge in [0.05, 0.1) is 12.1 Å². The summed E-state index contributed by atoms with van der Waals surface area (Å²) in [5.41, 5.74) is 0. The minimum atomic E-state index is -0.857. The first-order chi connectivity index (χ1) is 7.68. The summed E-state index contributed by atoms with van der Waals surface area (Å²) in [6.07, 6.45) is 4.03. The largest absolute Gasteiger partial charge is 0.481 e.